The van der Waals surface area contributed by atoms with Crippen molar-refractivity contribution in [2.45, 2.75) is 34.1 Å². The quantitative estimate of drug-likeness (QED) is 0.548. The minimum atomic E-state index is 0.705. The maximum absolute atomic E-state index is 5.01. The third-order valence-corrected chi connectivity index (χ3v) is 0.713. The van der Waals surface area contributed by atoms with Crippen LogP contribution in [0.25, 0.3) is 0 Å². The van der Waals surface area contributed by atoms with E-state index in [0.717, 1.165) is 12.2 Å². The predicted molar refractivity (Wildman–Crippen MR) is 46.7 cm³/mol. The number of allylic oxidation sites excluding steroid dienone is 2. The fourth-order valence-corrected chi connectivity index (χ4v) is 0.319. The maximum atomic E-state index is 5.01. The molecule has 0 bridgehead atoms. The van der Waals surface area contributed by atoms with Gasteiger partial charge in [0, 0.05) is 6.42 Å². The number of hydrogen-bond donors (Lipinski definition) is 0. The van der Waals surface area contributed by atoms with E-state index in [1.54, 1.807) is 6.92 Å². The molecule has 0 saturated heterocycles. The van der Waals surface area contributed by atoms with Crippen LogP contribution in [0.4, 0.5) is 0 Å². The first-order valence-electron chi connectivity index (χ1n) is 3.68. The van der Waals surface area contributed by atoms with Crippen molar-refractivity contribution >= 4 is 0 Å². The fraction of sp³-hybridized carbons (Fsp3) is 0.556. The number of hydrogen-bond acceptors (Lipinski definition) is 1. The summed E-state index contributed by atoms with van der Waals surface area (Å²) < 4.78 is 5.01. The molecule has 0 radical (unpaired) electrons. The van der Waals surface area contributed by atoms with Crippen molar-refractivity contribution < 1.29 is 4.74 Å². The Balaban J connectivity index is 0. The normalized spacial score (nSPS) is 7.20. The molecule has 0 heterocycles. The molecule has 0 aliphatic heterocycles. The first-order valence-corrected chi connectivity index (χ1v) is 3.68. The topological polar surface area (TPSA) is 9.23 Å². The van der Waals surface area contributed by atoms with Gasteiger partial charge in [-0.2, -0.15) is 0 Å². The summed E-state index contributed by atoms with van der Waals surface area (Å²) in [5.41, 5.74) is 0. The summed E-state index contributed by atoms with van der Waals surface area (Å²) in [6.07, 6.45) is 0.854. The van der Waals surface area contributed by atoms with E-state index in [4.69, 9.17) is 4.74 Å². The summed E-state index contributed by atoms with van der Waals surface area (Å²) in [6.45, 7) is 15.0. The number of rotatable bonds is 3. The Morgan fingerprint density at radius 2 is 1.70 bits per heavy atom. The van der Waals surface area contributed by atoms with E-state index in [1.807, 2.05) is 20.8 Å². The largest absolute Gasteiger partial charge is 0.468 e. The minimum absolute atomic E-state index is 0.705. The average Bonchev–Trinajstić information content (AvgIpc) is 1.91. The first kappa shape index (κ1) is 12.0. The molecule has 10 heavy (non-hydrogen) atoms. The molecule has 0 N–H and O–H groups in total. The molecule has 0 aromatic carbocycles. The molecule has 0 aliphatic rings. The van der Waals surface area contributed by atoms with E-state index in [9.17, 15) is 0 Å². The highest BCUT2D eigenvalue weighted by atomic mass is 16.5. The Hall–Kier alpha value is -0.720. The van der Waals surface area contributed by atoms with Crippen molar-refractivity contribution in [1.82, 2.24) is 0 Å². The summed E-state index contributed by atoms with van der Waals surface area (Å²) in [7, 11) is 0. The molecule has 1 heteroatoms. The molecule has 0 aromatic rings. The molecule has 0 unspecified atom stereocenters. The lowest BCUT2D eigenvalue weighted by Gasteiger charge is -2.02. The van der Waals surface area contributed by atoms with Crippen LogP contribution in [-0.2, 0) is 4.74 Å². The zero-order valence-electron chi connectivity index (χ0n) is 7.53. The van der Waals surface area contributed by atoms with Gasteiger partial charge in [0.25, 0.3) is 0 Å². The highest BCUT2D eigenvalue weighted by molar-refractivity contribution is 4.88. The van der Waals surface area contributed by atoms with E-state index in [2.05, 4.69) is 13.2 Å². The van der Waals surface area contributed by atoms with Gasteiger partial charge in [-0.15, -0.1) is 0 Å². The molecule has 0 fully saturated rings. The number of ether oxygens (including phenoxy) is 1. The summed E-state index contributed by atoms with van der Waals surface area (Å²) in [5, 5.41) is 0. The van der Waals surface area contributed by atoms with Crippen LogP contribution < -0.4 is 0 Å². The standard InChI is InChI=1S/C7H12O.C2H6/c1-5-7(4)8-6(2)3;1-2/h2,4-5H2,1,3H3;1-2H3. The van der Waals surface area contributed by atoms with Crippen LogP contribution in [0.3, 0.4) is 0 Å². The van der Waals surface area contributed by atoms with Gasteiger partial charge in [-0.05, 0) is 6.92 Å². The fourth-order valence-electron chi connectivity index (χ4n) is 0.319. The van der Waals surface area contributed by atoms with Gasteiger partial charge in [-0.25, -0.2) is 0 Å². The lowest BCUT2D eigenvalue weighted by Crippen LogP contribution is -1.83. The van der Waals surface area contributed by atoms with Crippen LogP contribution in [0, 0.1) is 0 Å². The van der Waals surface area contributed by atoms with Gasteiger partial charge in [0.1, 0.15) is 0 Å². The smallest absolute Gasteiger partial charge is 0.0961 e. The second-order valence-corrected chi connectivity index (χ2v) is 1.70. The molecule has 0 aromatic heterocycles. The van der Waals surface area contributed by atoms with Crippen LogP contribution >= 0.6 is 0 Å². The molecule has 0 atom stereocenters. The summed E-state index contributed by atoms with van der Waals surface area (Å²) in [5.74, 6) is 1.48. The highest BCUT2D eigenvalue weighted by Gasteiger charge is 1.87. The summed E-state index contributed by atoms with van der Waals surface area (Å²) in [6, 6.07) is 0. The third-order valence-electron chi connectivity index (χ3n) is 0.713. The monoisotopic (exact) mass is 142 g/mol. The second kappa shape index (κ2) is 8.28. The Bertz CT molecular complexity index is 103. The molecule has 0 rings (SSSR count). The van der Waals surface area contributed by atoms with Gasteiger partial charge in [-0.1, -0.05) is 33.9 Å². The Kier molecular flexibility index (Phi) is 9.94. The Morgan fingerprint density at radius 1 is 1.30 bits per heavy atom. The van der Waals surface area contributed by atoms with Crippen LogP contribution in [0.15, 0.2) is 24.7 Å². The molecule has 1 nitrogen and oxygen atoms in total. The molecular formula is C9H18O. The van der Waals surface area contributed by atoms with Gasteiger partial charge in [0.05, 0.1) is 11.5 Å². The van der Waals surface area contributed by atoms with Gasteiger partial charge < -0.3 is 4.74 Å². The van der Waals surface area contributed by atoms with E-state index in [-0.39, 0.29) is 0 Å². The zero-order chi connectivity index (χ0) is 8.57. The van der Waals surface area contributed by atoms with Gasteiger partial charge in [-0.3, -0.25) is 0 Å². The zero-order valence-corrected chi connectivity index (χ0v) is 7.53. The lowest BCUT2D eigenvalue weighted by molar-refractivity contribution is 0.300. The van der Waals surface area contributed by atoms with Gasteiger partial charge >= 0.3 is 0 Å². The summed E-state index contributed by atoms with van der Waals surface area (Å²) in [4.78, 5) is 0. The molecule has 0 spiro atoms. The molecule has 0 aliphatic carbocycles. The Morgan fingerprint density at radius 3 is 1.80 bits per heavy atom. The van der Waals surface area contributed by atoms with Crippen LogP contribution in [0.1, 0.15) is 34.1 Å². The molecule has 0 saturated carbocycles. The Labute approximate surface area is 64.4 Å². The molecule has 60 valence electrons. The van der Waals surface area contributed by atoms with E-state index in [1.165, 1.54) is 0 Å². The van der Waals surface area contributed by atoms with E-state index in [0.29, 0.717) is 5.76 Å². The van der Waals surface area contributed by atoms with E-state index < -0.39 is 0 Å². The van der Waals surface area contributed by atoms with Crippen molar-refractivity contribution in [3.8, 4) is 0 Å². The second-order valence-electron chi connectivity index (χ2n) is 1.70. The van der Waals surface area contributed by atoms with Crippen molar-refractivity contribution in [2.75, 3.05) is 0 Å². The van der Waals surface area contributed by atoms with Crippen LogP contribution in [-0.4, -0.2) is 0 Å². The third kappa shape index (κ3) is 10.3. The molecular weight excluding hydrogens is 124 g/mol. The average molecular weight is 142 g/mol. The maximum Gasteiger partial charge on any atom is 0.0961 e. The lowest BCUT2D eigenvalue weighted by atomic mass is 10.4. The first-order chi connectivity index (χ1) is 4.66. The highest BCUT2D eigenvalue weighted by Crippen LogP contribution is 2.03. The SMILES string of the molecule is C=C(C)OC(=C)CC.CC. The van der Waals surface area contributed by atoms with E-state index >= 15 is 0 Å². The van der Waals surface area contributed by atoms with Crippen LogP contribution in [0.2, 0.25) is 0 Å². The van der Waals surface area contributed by atoms with Crippen LogP contribution in [0.5, 0.6) is 0 Å². The molecule has 0 amide bonds. The minimum Gasteiger partial charge on any atom is -0.468 e. The van der Waals surface area contributed by atoms with Crippen molar-refractivity contribution in [2.24, 2.45) is 0 Å². The van der Waals surface area contributed by atoms with Crippen molar-refractivity contribution in [3.05, 3.63) is 24.7 Å². The van der Waals surface area contributed by atoms with Crippen molar-refractivity contribution in [3.63, 3.8) is 0 Å². The summed E-state index contributed by atoms with van der Waals surface area (Å²) >= 11 is 0. The van der Waals surface area contributed by atoms with Crippen molar-refractivity contribution in [1.29, 1.82) is 0 Å². The van der Waals surface area contributed by atoms with Gasteiger partial charge in [0.15, 0.2) is 0 Å². The van der Waals surface area contributed by atoms with Gasteiger partial charge in [0.2, 0.25) is 0 Å². The predicted octanol–water partition coefficient (Wildman–Crippen LogP) is 3.49.